The average molecular weight is 198 g/mol. The molecule has 2 N–H and O–H groups in total. The van der Waals surface area contributed by atoms with Crippen molar-refractivity contribution in [2.45, 2.75) is 57.3 Å². The third kappa shape index (κ3) is 1.81. The van der Waals surface area contributed by atoms with Gasteiger partial charge in [0.05, 0.1) is 6.10 Å². The topological polar surface area (TPSA) is 38.5 Å². The molecule has 82 valence electrons. The number of nitrogens with zero attached hydrogens (tertiary/aromatic N) is 1. The van der Waals surface area contributed by atoms with Crippen LogP contribution < -0.4 is 5.73 Å². The van der Waals surface area contributed by atoms with Crippen LogP contribution in [0.15, 0.2) is 0 Å². The highest BCUT2D eigenvalue weighted by atomic mass is 16.5. The van der Waals surface area contributed by atoms with Crippen molar-refractivity contribution in [2.24, 2.45) is 5.73 Å². The lowest BCUT2D eigenvalue weighted by molar-refractivity contribution is 0.0357. The predicted molar refractivity (Wildman–Crippen MR) is 57.2 cm³/mol. The number of ether oxygens (including phenoxy) is 1. The molecule has 14 heavy (non-hydrogen) atoms. The lowest BCUT2D eigenvalue weighted by Gasteiger charge is -2.42. The molecule has 0 aromatic heterocycles. The highest BCUT2D eigenvalue weighted by Gasteiger charge is 2.36. The molecule has 3 nitrogen and oxygen atoms in total. The molecule has 0 amide bonds. The van der Waals surface area contributed by atoms with Crippen LogP contribution in [0.4, 0.5) is 0 Å². The molecular formula is C11H22N2O. The van der Waals surface area contributed by atoms with Crippen LogP contribution >= 0.6 is 0 Å². The highest BCUT2D eigenvalue weighted by Crippen LogP contribution is 2.26. The lowest BCUT2D eigenvalue weighted by Crippen LogP contribution is -2.55. The summed E-state index contributed by atoms with van der Waals surface area (Å²) in [6.45, 7) is 6.57. The fourth-order valence-corrected chi connectivity index (χ4v) is 2.82. The summed E-state index contributed by atoms with van der Waals surface area (Å²) >= 11 is 0. The van der Waals surface area contributed by atoms with Crippen LogP contribution in [0.3, 0.4) is 0 Å². The summed E-state index contributed by atoms with van der Waals surface area (Å²) < 4.78 is 5.62. The number of piperidine rings is 1. The minimum Gasteiger partial charge on any atom is -0.377 e. The van der Waals surface area contributed by atoms with E-state index in [4.69, 9.17) is 10.5 Å². The Bertz CT molecular complexity index is 198. The Morgan fingerprint density at radius 1 is 1.29 bits per heavy atom. The predicted octanol–water partition coefficient (Wildman–Crippen LogP) is 0.975. The average Bonchev–Trinajstić information content (AvgIpc) is 2.57. The molecule has 3 heteroatoms. The van der Waals surface area contributed by atoms with Crippen LogP contribution in [0.5, 0.6) is 0 Å². The maximum absolute atomic E-state index is 6.10. The van der Waals surface area contributed by atoms with Crippen molar-refractivity contribution >= 4 is 0 Å². The van der Waals surface area contributed by atoms with Gasteiger partial charge in [-0.25, -0.2) is 0 Å². The molecule has 0 radical (unpaired) electrons. The zero-order valence-electron chi connectivity index (χ0n) is 9.28. The van der Waals surface area contributed by atoms with E-state index in [1.807, 2.05) is 0 Å². The molecule has 2 saturated heterocycles. The minimum absolute atomic E-state index is 0.358. The van der Waals surface area contributed by atoms with Gasteiger partial charge in [0.25, 0.3) is 0 Å². The number of hydrogen-bond acceptors (Lipinski definition) is 3. The van der Waals surface area contributed by atoms with Crippen molar-refractivity contribution in [3.63, 3.8) is 0 Å². The summed E-state index contributed by atoms with van der Waals surface area (Å²) in [5.74, 6) is 0. The van der Waals surface area contributed by atoms with Crippen molar-refractivity contribution < 1.29 is 4.74 Å². The summed E-state index contributed by atoms with van der Waals surface area (Å²) in [4.78, 5) is 2.56. The van der Waals surface area contributed by atoms with Gasteiger partial charge in [-0.3, -0.25) is 4.90 Å². The number of rotatable bonds is 1. The van der Waals surface area contributed by atoms with Gasteiger partial charge in [0.2, 0.25) is 0 Å². The van der Waals surface area contributed by atoms with E-state index in [0.29, 0.717) is 24.2 Å². The second-order valence-electron chi connectivity index (χ2n) is 4.72. The molecule has 2 rings (SSSR count). The molecule has 0 spiro atoms. The molecule has 2 heterocycles. The molecule has 0 aromatic rings. The Balaban J connectivity index is 2.01. The Morgan fingerprint density at radius 2 is 2.07 bits per heavy atom. The molecule has 2 aliphatic heterocycles. The molecule has 0 aliphatic carbocycles. The fourth-order valence-electron chi connectivity index (χ4n) is 2.82. The van der Waals surface area contributed by atoms with E-state index in [1.54, 1.807) is 0 Å². The van der Waals surface area contributed by atoms with E-state index in [0.717, 1.165) is 6.61 Å². The normalized spacial score (nSPS) is 45.6. The van der Waals surface area contributed by atoms with Crippen molar-refractivity contribution in [1.29, 1.82) is 0 Å². The van der Waals surface area contributed by atoms with E-state index in [-0.39, 0.29) is 0 Å². The fraction of sp³-hybridized carbons (Fsp3) is 1.00. The van der Waals surface area contributed by atoms with Gasteiger partial charge in [-0.1, -0.05) is 0 Å². The zero-order valence-corrected chi connectivity index (χ0v) is 9.28. The zero-order chi connectivity index (χ0) is 10.1. The maximum atomic E-state index is 6.10. The van der Waals surface area contributed by atoms with Gasteiger partial charge in [0, 0.05) is 24.7 Å². The Morgan fingerprint density at radius 3 is 2.71 bits per heavy atom. The van der Waals surface area contributed by atoms with E-state index < -0.39 is 0 Å². The second kappa shape index (κ2) is 4.17. The summed E-state index contributed by atoms with van der Waals surface area (Å²) in [6.07, 6.45) is 4.00. The molecular weight excluding hydrogens is 176 g/mol. The van der Waals surface area contributed by atoms with Gasteiger partial charge in [0.15, 0.2) is 0 Å². The number of hydrogen-bond donors (Lipinski definition) is 1. The summed E-state index contributed by atoms with van der Waals surface area (Å²) in [6, 6.07) is 1.49. The second-order valence-corrected chi connectivity index (χ2v) is 4.72. The Kier molecular flexibility index (Phi) is 3.10. The van der Waals surface area contributed by atoms with Gasteiger partial charge >= 0.3 is 0 Å². The molecule has 2 aliphatic rings. The number of nitrogens with two attached hydrogens (primary N) is 1. The van der Waals surface area contributed by atoms with Crippen LogP contribution in [0.1, 0.15) is 33.1 Å². The summed E-state index contributed by atoms with van der Waals surface area (Å²) in [7, 11) is 0. The van der Waals surface area contributed by atoms with Gasteiger partial charge in [-0.05, 0) is 39.7 Å². The van der Waals surface area contributed by atoms with Crippen LogP contribution in [-0.4, -0.2) is 42.3 Å². The van der Waals surface area contributed by atoms with E-state index in [2.05, 4.69) is 18.7 Å². The van der Waals surface area contributed by atoms with Gasteiger partial charge in [0.1, 0.15) is 0 Å². The first-order chi connectivity index (χ1) is 6.70. The Labute approximate surface area is 86.6 Å². The van der Waals surface area contributed by atoms with E-state index in [1.165, 1.54) is 25.8 Å². The first-order valence-corrected chi connectivity index (χ1v) is 5.83. The third-order valence-electron chi connectivity index (χ3n) is 3.86. The van der Waals surface area contributed by atoms with Crippen LogP contribution in [0.25, 0.3) is 0 Å². The van der Waals surface area contributed by atoms with Crippen LogP contribution in [0.2, 0.25) is 0 Å². The Hall–Kier alpha value is -0.120. The minimum atomic E-state index is 0.358. The highest BCUT2D eigenvalue weighted by molar-refractivity contribution is 4.91. The van der Waals surface area contributed by atoms with E-state index in [9.17, 15) is 0 Å². The SMILES string of the molecule is CC1OCCC1N1CCC[C@@H](N)[C@H]1C. The largest absolute Gasteiger partial charge is 0.377 e. The standard InChI is InChI=1S/C11H22N2O/c1-8-10(12)4-3-6-13(8)11-5-7-14-9(11)2/h8-11H,3-7,12H2,1-2H3/t8-,9?,10-,11?/m1/s1. The quantitative estimate of drug-likeness (QED) is 0.682. The lowest BCUT2D eigenvalue weighted by atomic mass is 9.95. The van der Waals surface area contributed by atoms with Crippen LogP contribution in [-0.2, 0) is 4.74 Å². The van der Waals surface area contributed by atoms with Crippen LogP contribution in [0, 0.1) is 0 Å². The molecule has 0 aromatic carbocycles. The summed E-state index contributed by atoms with van der Waals surface area (Å²) in [5, 5.41) is 0. The summed E-state index contributed by atoms with van der Waals surface area (Å²) in [5.41, 5.74) is 6.10. The molecule has 4 atom stereocenters. The molecule has 0 saturated carbocycles. The molecule has 0 bridgehead atoms. The first kappa shape index (κ1) is 10.4. The van der Waals surface area contributed by atoms with Crippen molar-refractivity contribution in [3.05, 3.63) is 0 Å². The smallest absolute Gasteiger partial charge is 0.0703 e. The first-order valence-electron chi connectivity index (χ1n) is 5.83. The van der Waals surface area contributed by atoms with E-state index >= 15 is 0 Å². The van der Waals surface area contributed by atoms with Gasteiger partial charge in [-0.2, -0.15) is 0 Å². The van der Waals surface area contributed by atoms with Gasteiger partial charge < -0.3 is 10.5 Å². The monoisotopic (exact) mass is 198 g/mol. The maximum Gasteiger partial charge on any atom is 0.0703 e. The molecule has 2 unspecified atom stereocenters. The number of likely N-dealkylation sites (tertiary alicyclic amines) is 1. The third-order valence-corrected chi connectivity index (χ3v) is 3.86. The van der Waals surface area contributed by atoms with Crippen molar-refractivity contribution in [1.82, 2.24) is 4.90 Å². The van der Waals surface area contributed by atoms with Crippen molar-refractivity contribution in [3.8, 4) is 0 Å². The molecule has 2 fully saturated rings. The van der Waals surface area contributed by atoms with Gasteiger partial charge in [-0.15, -0.1) is 0 Å². The van der Waals surface area contributed by atoms with Crippen molar-refractivity contribution in [2.75, 3.05) is 13.2 Å².